The van der Waals surface area contributed by atoms with Crippen LogP contribution in [0.3, 0.4) is 0 Å². The number of H-pyrrole nitrogens is 2. The summed E-state index contributed by atoms with van der Waals surface area (Å²) in [5.74, 6) is 0.131. The van der Waals surface area contributed by atoms with Gasteiger partial charge in [0.2, 0.25) is 0 Å². The number of aliphatic hydroxyl groups is 2. The van der Waals surface area contributed by atoms with Crippen LogP contribution in [0.5, 0.6) is 0 Å². The van der Waals surface area contributed by atoms with Gasteiger partial charge in [-0.1, -0.05) is 0 Å². The number of nitrogens with zero attached hydrogens (tertiary/aromatic N) is 2. The Kier molecular flexibility index (Phi) is 3.09. The first kappa shape index (κ1) is 12.3. The third kappa shape index (κ3) is 1.95. The fraction of sp³-hybridized carbons (Fsp3) is 0.500. The number of likely N-dealkylation sites (tertiary alicyclic amines) is 1. The van der Waals surface area contributed by atoms with Crippen LogP contribution in [0.15, 0.2) is 17.3 Å². The van der Waals surface area contributed by atoms with Gasteiger partial charge in [-0.3, -0.25) is 9.69 Å². The lowest BCUT2D eigenvalue weighted by molar-refractivity contribution is -0.0493. The highest BCUT2D eigenvalue weighted by molar-refractivity contribution is 5.77. The number of aromatic nitrogens is 3. The Labute approximate surface area is 108 Å². The molecule has 7 nitrogen and oxygen atoms in total. The molecule has 3 heterocycles. The van der Waals surface area contributed by atoms with Crippen LogP contribution in [-0.2, 0) is 6.54 Å². The third-order valence-corrected chi connectivity index (χ3v) is 3.83. The predicted molar refractivity (Wildman–Crippen MR) is 68.6 cm³/mol. The second kappa shape index (κ2) is 4.76. The topological polar surface area (TPSA) is 105 Å². The highest BCUT2D eigenvalue weighted by Gasteiger charge is 2.37. The van der Waals surface area contributed by atoms with Crippen molar-refractivity contribution in [3.05, 3.63) is 28.4 Å². The normalized spacial score (nSPS) is 23.7. The molecule has 0 amide bonds. The number of nitrogens with one attached hydrogen (secondary N) is 2. The summed E-state index contributed by atoms with van der Waals surface area (Å²) < 4.78 is 0. The summed E-state index contributed by atoms with van der Waals surface area (Å²) in [5.41, 5.74) is 1.87. The van der Waals surface area contributed by atoms with Crippen LogP contribution in [0.4, 0.5) is 0 Å². The molecule has 1 aliphatic rings. The molecule has 1 saturated heterocycles. The highest BCUT2D eigenvalue weighted by Crippen LogP contribution is 2.27. The van der Waals surface area contributed by atoms with E-state index in [9.17, 15) is 9.90 Å². The maximum atomic E-state index is 11.6. The SMILES string of the molecule is O=c1[nH]cnc2c(CN3C[C@@H](CO)[C@@H]3CO)c[nH]c12. The van der Waals surface area contributed by atoms with E-state index in [1.165, 1.54) is 6.33 Å². The van der Waals surface area contributed by atoms with Crippen LogP contribution >= 0.6 is 0 Å². The molecule has 0 spiro atoms. The molecule has 102 valence electrons. The Balaban J connectivity index is 1.83. The molecule has 0 aliphatic carbocycles. The number of hydrogen-bond donors (Lipinski definition) is 4. The van der Waals surface area contributed by atoms with Crippen molar-refractivity contribution in [2.75, 3.05) is 19.8 Å². The Morgan fingerprint density at radius 1 is 1.37 bits per heavy atom. The molecular weight excluding hydrogens is 248 g/mol. The lowest BCUT2D eigenvalue weighted by Gasteiger charge is -2.46. The second-order valence-electron chi connectivity index (χ2n) is 4.89. The molecule has 4 N–H and O–H groups in total. The molecule has 3 rings (SSSR count). The molecular formula is C12H16N4O3. The zero-order valence-corrected chi connectivity index (χ0v) is 10.3. The molecule has 1 aliphatic heterocycles. The Morgan fingerprint density at radius 2 is 2.21 bits per heavy atom. The first-order chi connectivity index (χ1) is 9.24. The summed E-state index contributed by atoms with van der Waals surface area (Å²) in [6.45, 7) is 1.48. The van der Waals surface area contributed by atoms with E-state index in [0.717, 1.165) is 12.1 Å². The van der Waals surface area contributed by atoms with Crippen molar-refractivity contribution < 1.29 is 10.2 Å². The fourth-order valence-electron chi connectivity index (χ4n) is 2.69. The van der Waals surface area contributed by atoms with Crippen molar-refractivity contribution in [1.29, 1.82) is 0 Å². The van der Waals surface area contributed by atoms with Crippen LogP contribution in [0.1, 0.15) is 5.56 Å². The van der Waals surface area contributed by atoms with Gasteiger partial charge in [-0.05, 0) is 0 Å². The van der Waals surface area contributed by atoms with Gasteiger partial charge in [0.1, 0.15) is 5.52 Å². The van der Waals surface area contributed by atoms with Gasteiger partial charge >= 0.3 is 0 Å². The van der Waals surface area contributed by atoms with Gasteiger partial charge in [0.25, 0.3) is 5.56 Å². The van der Waals surface area contributed by atoms with Crippen molar-refractivity contribution in [2.45, 2.75) is 12.6 Å². The highest BCUT2D eigenvalue weighted by atomic mass is 16.3. The summed E-state index contributed by atoms with van der Waals surface area (Å²) >= 11 is 0. The molecule has 0 radical (unpaired) electrons. The molecule has 2 aromatic heterocycles. The average molecular weight is 264 g/mol. The molecule has 1 fully saturated rings. The van der Waals surface area contributed by atoms with Gasteiger partial charge in [-0.2, -0.15) is 0 Å². The predicted octanol–water partition coefficient (Wildman–Crippen LogP) is -0.964. The zero-order chi connectivity index (χ0) is 13.4. The molecule has 0 bridgehead atoms. The fourth-order valence-corrected chi connectivity index (χ4v) is 2.69. The number of aliphatic hydroxyl groups excluding tert-OH is 2. The smallest absolute Gasteiger partial charge is 0.275 e. The Hall–Kier alpha value is -1.70. The van der Waals surface area contributed by atoms with Crippen LogP contribution in [-0.4, -0.2) is 55.9 Å². The monoisotopic (exact) mass is 264 g/mol. The molecule has 0 unspecified atom stereocenters. The maximum absolute atomic E-state index is 11.6. The van der Waals surface area contributed by atoms with Gasteiger partial charge in [0.05, 0.1) is 18.5 Å². The Morgan fingerprint density at radius 3 is 2.95 bits per heavy atom. The molecule has 0 saturated carbocycles. The quantitative estimate of drug-likeness (QED) is 0.569. The largest absolute Gasteiger partial charge is 0.396 e. The van der Waals surface area contributed by atoms with E-state index in [2.05, 4.69) is 19.9 Å². The summed E-state index contributed by atoms with van der Waals surface area (Å²) in [6, 6.07) is -0.0167. The zero-order valence-electron chi connectivity index (χ0n) is 10.3. The molecule has 2 aromatic rings. The summed E-state index contributed by atoms with van der Waals surface area (Å²) in [5, 5.41) is 18.5. The van der Waals surface area contributed by atoms with Gasteiger partial charge in [0, 0.05) is 43.4 Å². The molecule has 2 atom stereocenters. The van der Waals surface area contributed by atoms with Crippen LogP contribution in [0, 0.1) is 5.92 Å². The average Bonchev–Trinajstić information content (AvgIpc) is 2.79. The second-order valence-corrected chi connectivity index (χ2v) is 4.89. The summed E-state index contributed by atoms with van der Waals surface area (Å²) in [4.78, 5) is 23.3. The van der Waals surface area contributed by atoms with Crippen LogP contribution in [0.25, 0.3) is 11.0 Å². The van der Waals surface area contributed by atoms with E-state index in [1.54, 1.807) is 6.20 Å². The Bertz CT molecular complexity index is 635. The maximum Gasteiger partial charge on any atom is 0.275 e. The number of rotatable bonds is 4. The first-order valence-electron chi connectivity index (χ1n) is 6.24. The van der Waals surface area contributed by atoms with Gasteiger partial charge in [-0.15, -0.1) is 0 Å². The van der Waals surface area contributed by atoms with Crippen molar-refractivity contribution >= 4 is 11.0 Å². The van der Waals surface area contributed by atoms with Crippen molar-refractivity contribution in [3.8, 4) is 0 Å². The van der Waals surface area contributed by atoms with E-state index in [1.807, 2.05) is 0 Å². The van der Waals surface area contributed by atoms with E-state index >= 15 is 0 Å². The van der Waals surface area contributed by atoms with Crippen molar-refractivity contribution in [3.63, 3.8) is 0 Å². The van der Waals surface area contributed by atoms with E-state index in [-0.39, 0.29) is 30.7 Å². The van der Waals surface area contributed by atoms with Gasteiger partial charge in [0.15, 0.2) is 0 Å². The minimum Gasteiger partial charge on any atom is -0.396 e. The molecule has 0 aromatic carbocycles. The van der Waals surface area contributed by atoms with Gasteiger partial charge < -0.3 is 20.2 Å². The van der Waals surface area contributed by atoms with E-state index in [4.69, 9.17) is 5.11 Å². The van der Waals surface area contributed by atoms with E-state index in [0.29, 0.717) is 17.6 Å². The number of hydrogen-bond acceptors (Lipinski definition) is 5. The van der Waals surface area contributed by atoms with Crippen LogP contribution in [0.2, 0.25) is 0 Å². The standard InChI is InChI=1S/C12H16N4O3/c17-4-8-3-16(9(8)5-18)2-7-1-13-11-10(7)14-6-15-12(11)19/h1,6,8-9,13,17-18H,2-5H2,(H,14,15,19)/t8-,9-/m0/s1. The third-order valence-electron chi connectivity index (χ3n) is 3.83. The van der Waals surface area contributed by atoms with Gasteiger partial charge in [-0.25, -0.2) is 4.98 Å². The lowest BCUT2D eigenvalue weighted by atomic mass is 9.89. The minimum atomic E-state index is -0.188. The first-order valence-corrected chi connectivity index (χ1v) is 6.24. The van der Waals surface area contributed by atoms with Crippen molar-refractivity contribution in [2.24, 2.45) is 5.92 Å². The molecule has 19 heavy (non-hydrogen) atoms. The summed E-state index contributed by atoms with van der Waals surface area (Å²) in [7, 11) is 0. The van der Waals surface area contributed by atoms with Crippen LogP contribution < -0.4 is 5.56 Å². The van der Waals surface area contributed by atoms with Crippen molar-refractivity contribution in [1.82, 2.24) is 19.9 Å². The minimum absolute atomic E-state index is 0.0167. The number of aromatic amines is 2. The summed E-state index contributed by atoms with van der Waals surface area (Å²) in [6.07, 6.45) is 3.16. The lowest BCUT2D eigenvalue weighted by Crippen LogP contribution is -2.58. The number of fused-ring (bicyclic) bond motifs is 1. The van der Waals surface area contributed by atoms with E-state index < -0.39 is 0 Å². The molecule has 7 heteroatoms.